The monoisotopic (exact) mass is 261 g/mol. The van der Waals surface area contributed by atoms with E-state index in [2.05, 4.69) is 15.9 Å². The van der Waals surface area contributed by atoms with Gasteiger partial charge in [0.05, 0.1) is 11.6 Å². The standard InChI is InChI=1S/C9H12BrNOS/c1-6(11)3-4-7-5-8(10)9(12-2)13-7/h3-6H,11H2,1-2H3/b4-3+. The van der Waals surface area contributed by atoms with Gasteiger partial charge in [-0.1, -0.05) is 17.4 Å². The van der Waals surface area contributed by atoms with E-state index >= 15 is 0 Å². The van der Waals surface area contributed by atoms with E-state index in [1.165, 1.54) is 0 Å². The van der Waals surface area contributed by atoms with Gasteiger partial charge in [-0.3, -0.25) is 0 Å². The van der Waals surface area contributed by atoms with Crippen molar-refractivity contribution >= 4 is 33.3 Å². The maximum atomic E-state index is 5.59. The molecular weight excluding hydrogens is 250 g/mol. The third-order valence-electron chi connectivity index (χ3n) is 1.42. The summed E-state index contributed by atoms with van der Waals surface area (Å²) in [7, 11) is 1.66. The summed E-state index contributed by atoms with van der Waals surface area (Å²) in [5.41, 5.74) is 5.59. The Kier molecular flexibility index (Phi) is 3.96. The molecule has 0 saturated heterocycles. The van der Waals surface area contributed by atoms with Crippen molar-refractivity contribution in [3.05, 3.63) is 21.5 Å². The van der Waals surface area contributed by atoms with E-state index < -0.39 is 0 Å². The fourth-order valence-electron chi connectivity index (χ4n) is 0.837. The van der Waals surface area contributed by atoms with Gasteiger partial charge in [0.1, 0.15) is 0 Å². The predicted molar refractivity (Wildman–Crippen MR) is 61.3 cm³/mol. The molecule has 0 spiro atoms. The summed E-state index contributed by atoms with van der Waals surface area (Å²) in [5, 5.41) is 0.893. The molecular formula is C9H12BrNOS. The molecule has 0 aliphatic carbocycles. The third kappa shape index (κ3) is 3.14. The molecule has 1 heterocycles. The van der Waals surface area contributed by atoms with Crippen molar-refractivity contribution < 1.29 is 4.74 Å². The van der Waals surface area contributed by atoms with Crippen molar-refractivity contribution in [2.45, 2.75) is 13.0 Å². The Morgan fingerprint density at radius 3 is 2.85 bits per heavy atom. The molecule has 1 atom stereocenters. The lowest BCUT2D eigenvalue weighted by Gasteiger charge is -1.92. The van der Waals surface area contributed by atoms with Gasteiger partial charge in [0.2, 0.25) is 0 Å². The lowest BCUT2D eigenvalue weighted by atomic mass is 10.3. The molecule has 2 N–H and O–H groups in total. The quantitative estimate of drug-likeness (QED) is 0.909. The van der Waals surface area contributed by atoms with Crippen LogP contribution < -0.4 is 10.5 Å². The van der Waals surface area contributed by atoms with Crippen molar-refractivity contribution in [2.24, 2.45) is 5.73 Å². The summed E-state index contributed by atoms with van der Waals surface area (Å²) in [4.78, 5) is 1.14. The lowest BCUT2D eigenvalue weighted by Crippen LogP contribution is -2.09. The van der Waals surface area contributed by atoms with Gasteiger partial charge >= 0.3 is 0 Å². The first-order valence-electron chi connectivity index (χ1n) is 3.90. The fourth-order valence-corrected chi connectivity index (χ4v) is 2.42. The Bertz CT molecular complexity index is 307. The first-order valence-corrected chi connectivity index (χ1v) is 5.51. The van der Waals surface area contributed by atoms with E-state index in [9.17, 15) is 0 Å². The van der Waals surface area contributed by atoms with E-state index in [1.54, 1.807) is 18.4 Å². The zero-order valence-electron chi connectivity index (χ0n) is 7.58. The van der Waals surface area contributed by atoms with Crippen molar-refractivity contribution in [3.8, 4) is 5.06 Å². The molecule has 1 unspecified atom stereocenters. The smallest absolute Gasteiger partial charge is 0.188 e. The van der Waals surface area contributed by atoms with Crippen LogP contribution in [0.25, 0.3) is 6.08 Å². The summed E-state index contributed by atoms with van der Waals surface area (Å²) in [6, 6.07) is 2.11. The number of methoxy groups -OCH3 is 1. The first-order chi connectivity index (χ1) is 6.13. The molecule has 2 nitrogen and oxygen atoms in total. The van der Waals surface area contributed by atoms with E-state index in [1.807, 2.05) is 25.1 Å². The van der Waals surface area contributed by atoms with E-state index in [-0.39, 0.29) is 6.04 Å². The molecule has 0 aliphatic rings. The largest absolute Gasteiger partial charge is 0.486 e. The van der Waals surface area contributed by atoms with Gasteiger partial charge in [-0.15, -0.1) is 0 Å². The van der Waals surface area contributed by atoms with E-state index in [4.69, 9.17) is 10.5 Å². The Labute approximate surface area is 90.5 Å². The highest BCUT2D eigenvalue weighted by Crippen LogP contribution is 2.35. The van der Waals surface area contributed by atoms with Crippen LogP contribution in [0.15, 0.2) is 16.6 Å². The second kappa shape index (κ2) is 4.79. The molecule has 0 amide bonds. The topological polar surface area (TPSA) is 35.2 Å². The van der Waals surface area contributed by atoms with Gasteiger partial charge in [0, 0.05) is 10.9 Å². The normalized spacial score (nSPS) is 13.5. The van der Waals surface area contributed by atoms with E-state index in [0.29, 0.717) is 0 Å². The number of hydrogen-bond acceptors (Lipinski definition) is 3. The van der Waals surface area contributed by atoms with Gasteiger partial charge < -0.3 is 10.5 Å². The van der Waals surface area contributed by atoms with Gasteiger partial charge in [0.25, 0.3) is 0 Å². The summed E-state index contributed by atoms with van der Waals surface area (Å²) in [5.74, 6) is 0. The second-order valence-electron chi connectivity index (χ2n) is 2.71. The van der Waals surface area contributed by atoms with Crippen LogP contribution in [-0.4, -0.2) is 13.2 Å². The van der Waals surface area contributed by atoms with Crippen LogP contribution in [0.3, 0.4) is 0 Å². The van der Waals surface area contributed by atoms with Gasteiger partial charge in [-0.05, 0) is 35.0 Å². The molecule has 1 aromatic heterocycles. The van der Waals surface area contributed by atoms with Gasteiger partial charge in [0.15, 0.2) is 5.06 Å². The molecule has 0 fully saturated rings. The second-order valence-corrected chi connectivity index (χ2v) is 4.61. The van der Waals surface area contributed by atoms with Crippen LogP contribution in [0, 0.1) is 0 Å². The predicted octanol–water partition coefficient (Wildman–Crippen LogP) is 2.88. The number of halogens is 1. The van der Waals surface area contributed by atoms with E-state index in [0.717, 1.165) is 14.4 Å². The number of hydrogen-bond donors (Lipinski definition) is 1. The zero-order chi connectivity index (χ0) is 9.84. The SMILES string of the molecule is COc1sc(/C=C/C(C)N)cc1Br. The van der Waals surface area contributed by atoms with Crippen molar-refractivity contribution in [3.63, 3.8) is 0 Å². The molecule has 0 radical (unpaired) electrons. The van der Waals surface area contributed by atoms with Crippen LogP contribution in [0.4, 0.5) is 0 Å². The zero-order valence-corrected chi connectivity index (χ0v) is 9.98. The minimum Gasteiger partial charge on any atom is -0.486 e. The number of thiophene rings is 1. The van der Waals surface area contributed by atoms with Gasteiger partial charge in [-0.2, -0.15) is 0 Å². The van der Waals surface area contributed by atoms with Crippen LogP contribution in [-0.2, 0) is 0 Å². The molecule has 4 heteroatoms. The highest BCUT2D eigenvalue weighted by atomic mass is 79.9. The Morgan fingerprint density at radius 2 is 2.38 bits per heavy atom. The summed E-state index contributed by atoms with van der Waals surface area (Å²) < 4.78 is 6.13. The molecule has 72 valence electrons. The molecule has 0 saturated carbocycles. The average Bonchev–Trinajstić information content (AvgIpc) is 2.43. The molecule has 0 aromatic carbocycles. The Balaban J connectivity index is 2.79. The minimum atomic E-state index is 0.0897. The van der Waals surface area contributed by atoms with Crippen LogP contribution in [0.1, 0.15) is 11.8 Å². The van der Waals surface area contributed by atoms with Crippen LogP contribution in [0.2, 0.25) is 0 Å². The molecule has 1 rings (SSSR count). The van der Waals surface area contributed by atoms with Crippen LogP contribution in [0.5, 0.6) is 5.06 Å². The summed E-state index contributed by atoms with van der Waals surface area (Å²) in [6.07, 6.45) is 3.96. The number of nitrogens with two attached hydrogens (primary N) is 1. The van der Waals surface area contributed by atoms with Crippen molar-refractivity contribution in [2.75, 3.05) is 7.11 Å². The molecule has 13 heavy (non-hydrogen) atoms. The molecule has 0 bridgehead atoms. The maximum Gasteiger partial charge on any atom is 0.188 e. The fraction of sp³-hybridized carbons (Fsp3) is 0.333. The molecule has 0 aliphatic heterocycles. The minimum absolute atomic E-state index is 0.0897. The average molecular weight is 262 g/mol. The highest BCUT2D eigenvalue weighted by Gasteiger charge is 2.03. The number of rotatable bonds is 3. The summed E-state index contributed by atoms with van der Waals surface area (Å²) in [6.45, 7) is 1.94. The van der Waals surface area contributed by atoms with Gasteiger partial charge in [-0.25, -0.2) is 0 Å². The van der Waals surface area contributed by atoms with Crippen molar-refractivity contribution in [1.29, 1.82) is 0 Å². The van der Waals surface area contributed by atoms with Crippen LogP contribution >= 0.6 is 27.3 Å². The first kappa shape index (κ1) is 10.8. The summed E-state index contributed by atoms with van der Waals surface area (Å²) >= 11 is 4.99. The molecule has 1 aromatic rings. The number of ether oxygens (including phenoxy) is 1. The highest BCUT2D eigenvalue weighted by molar-refractivity contribution is 9.10. The lowest BCUT2D eigenvalue weighted by molar-refractivity contribution is 0.425. The third-order valence-corrected chi connectivity index (χ3v) is 3.34. The van der Waals surface area contributed by atoms with Crippen molar-refractivity contribution in [1.82, 2.24) is 0 Å². The Morgan fingerprint density at radius 1 is 1.69 bits per heavy atom. The Hall–Kier alpha value is -0.320. The maximum absolute atomic E-state index is 5.59.